The van der Waals surface area contributed by atoms with E-state index >= 15 is 0 Å². The van der Waals surface area contributed by atoms with Gasteiger partial charge in [-0.05, 0) is 0 Å². The predicted molar refractivity (Wildman–Crippen MR) is 149 cm³/mol. The van der Waals surface area contributed by atoms with Crippen LogP contribution in [0.25, 0.3) is 0 Å². The van der Waals surface area contributed by atoms with Crippen molar-refractivity contribution in [2.75, 3.05) is 0 Å². The maximum atomic E-state index is 2.33. The summed E-state index contributed by atoms with van der Waals surface area (Å²) < 4.78 is 0. The third-order valence-corrected chi connectivity index (χ3v) is 8.52. The summed E-state index contributed by atoms with van der Waals surface area (Å²) in [5.41, 5.74) is 0. The molecule has 0 rings (SSSR count). The minimum atomic E-state index is 0. The van der Waals surface area contributed by atoms with Gasteiger partial charge in [0.25, 0.3) is 0 Å². The van der Waals surface area contributed by atoms with E-state index in [2.05, 4.69) is 20.8 Å². The molecule has 0 N–H and O–H groups in total. The largest absolute Gasteiger partial charge is 0.153 e. The van der Waals surface area contributed by atoms with Crippen molar-refractivity contribution >= 4 is 33.9 Å². The van der Waals surface area contributed by atoms with Crippen LogP contribution in [0.5, 0.6) is 0 Å². The summed E-state index contributed by atoms with van der Waals surface area (Å²) in [5, 5.41) is 4.63. The van der Waals surface area contributed by atoms with Crippen molar-refractivity contribution in [3.8, 4) is 0 Å². The standard InChI is InChI=1S/2C10H21.C6H13.Cu.I.H3P/c2*1-3-5-7-9-10-8-6-4-2;1-3-5-6-4-2;;;/h2*1,3-10H2,2H3;1,3-6H2,2H3;;;1H3. The molecule has 0 aliphatic carbocycles. The van der Waals surface area contributed by atoms with Crippen LogP contribution in [0.1, 0.15) is 149 Å². The zero-order chi connectivity index (χ0) is 19.8. The molecule has 0 bridgehead atoms. The van der Waals surface area contributed by atoms with Gasteiger partial charge in [0.1, 0.15) is 0 Å². The Labute approximate surface area is 211 Å². The quantitative estimate of drug-likeness (QED) is 0.0480. The first-order valence-electron chi connectivity index (χ1n) is 12.8. The number of hydrogen-bond donors (Lipinski definition) is 0. The zero-order valence-electron chi connectivity index (χ0n) is 20.7. The molecular formula is C26H58CuIP. The van der Waals surface area contributed by atoms with Crippen molar-refractivity contribution < 1.29 is 13.9 Å². The van der Waals surface area contributed by atoms with Gasteiger partial charge in [-0.3, -0.25) is 0 Å². The van der Waals surface area contributed by atoms with E-state index in [4.69, 9.17) is 0 Å². The average Bonchev–Trinajstić information content (AvgIpc) is 2.68. The number of rotatable bonds is 23. The van der Waals surface area contributed by atoms with Gasteiger partial charge in [-0.2, -0.15) is 9.90 Å². The van der Waals surface area contributed by atoms with Crippen LogP contribution < -0.4 is 0 Å². The van der Waals surface area contributed by atoms with Crippen molar-refractivity contribution in [3.05, 3.63) is 0 Å². The van der Waals surface area contributed by atoms with Crippen LogP contribution in [-0.4, -0.2) is 0 Å². The van der Waals surface area contributed by atoms with Crippen LogP contribution in [0.3, 0.4) is 0 Å². The molecule has 1 unspecified atom stereocenters. The second kappa shape index (κ2) is 31.9. The molecule has 0 amide bonds. The van der Waals surface area contributed by atoms with Gasteiger partial charge in [0.2, 0.25) is 0 Å². The topological polar surface area (TPSA) is 0 Å². The van der Waals surface area contributed by atoms with Gasteiger partial charge >= 0.3 is 179 Å². The average molecular weight is 592 g/mol. The molecule has 29 heavy (non-hydrogen) atoms. The van der Waals surface area contributed by atoms with E-state index in [1.54, 1.807) is 16.0 Å². The molecule has 0 aliphatic rings. The Balaban J connectivity index is -0.00000338. The van der Waals surface area contributed by atoms with Crippen molar-refractivity contribution in [1.82, 2.24) is 0 Å². The van der Waals surface area contributed by atoms with Gasteiger partial charge in [-0.1, -0.05) is 0 Å². The second-order valence-electron chi connectivity index (χ2n) is 8.41. The van der Waals surface area contributed by atoms with Crippen LogP contribution in [0, 0.1) is 0 Å². The van der Waals surface area contributed by atoms with Crippen LogP contribution in [0.2, 0.25) is 16.0 Å². The van der Waals surface area contributed by atoms with E-state index in [-0.39, 0.29) is 33.9 Å². The summed E-state index contributed by atoms with van der Waals surface area (Å²) in [6, 6.07) is 0. The monoisotopic (exact) mass is 591 g/mol. The van der Waals surface area contributed by atoms with E-state index in [1.807, 2.05) is 0 Å². The maximum Gasteiger partial charge on any atom is 0 e. The molecule has 0 spiro atoms. The Bertz CT molecular complexity index is 243. The molecule has 0 saturated heterocycles. The minimum absolute atomic E-state index is 0. The Hall–Kier alpha value is 1.68. The molecule has 1 atom stereocenters. The van der Waals surface area contributed by atoms with Crippen LogP contribution in [0.4, 0.5) is 0 Å². The van der Waals surface area contributed by atoms with Crippen LogP contribution in [-0.2, 0) is 13.9 Å². The number of unbranched alkanes of at least 4 members (excludes halogenated alkanes) is 17. The van der Waals surface area contributed by atoms with Crippen molar-refractivity contribution in [1.29, 1.82) is 0 Å². The van der Waals surface area contributed by atoms with E-state index in [0.29, 0.717) is 0 Å². The van der Waals surface area contributed by atoms with Gasteiger partial charge in [-0.15, -0.1) is 0 Å². The summed E-state index contributed by atoms with van der Waals surface area (Å²) in [6.45, 7) is 6.96. The zero-order valence-corrected chi connectivity index (χ0v) is 25.2. The molecule has 0 aromatic carbocycles. The molecule has 0 aliphatic heterocycles. The first kappa shape index (κ1) is 35.3. The fourth-order valence-electron chi connectivity index (χ4n) is 3.60. The van der Waals surface area contributed by atoms with E-state index in [0.717, 1.165) is 13.9 Å². The Kier molecular flexibility index (Phi) is 38.8. The van der Waals surface area contributed by atoms with Gasteiger partial charge in [0.05, 0.1) is 0 Å². The summed E-state index contributed by atoms with van der Waals surface area (Å²) >= 11 is 0.825. The van der Waals surface area contributed by atoms with Crippen molar-refractivity contribution in [2.45, 2.75) is 165 Å². The summed E-state index contributed by atoms with van der Waals surface area (Å²) in [6.07, 6.45) is 29.3. The molecule has 0 aromatic heterocycles. The summed E-state index contributed by atoms with van der Waals surface area (Å²) in [4.78, 5) is 0. The van der Waals surface area contributed by atoms with Gasteiger partial charge in [0.15, 0.2) is 0 Å². The number of halogens is 1. The molecule has 185 valence electrons. The first-order valence-corrected chi connectivity index (χ1v) is 14.8. The Morgan fingerprint density at radius 1 is 0.345 bits per heavy atom. The maximum absolute atomic E-state index is 2.33. The SMILES string of the molecule is CCCCCCCCC[CH2][Cu]([CH2]CCCCC)[CH2]CCCCCCCCC.P.[I]. The van der Waals surface area contributed by atoms with Crippen molar-refractivity contribution in [3.63, 3.8) is 0 Å². The van der Waals surface area contributed by atoms with Crippen LogP contribution in [0.15, 0.2) is 0 Å². The Morgan fingerprint density at radius 3 is 0.828 bits per heavy atom. The third kappa shape index (κ3) is 29.7. The second-order valence-corrected chi connectivity index (χ2v) is 11.2. The van der Waals surface area contributed by atoms with E-state index in [9.17, 15) is 0 Å². The van der Waals surface area contributed by atoms with Crippen LogP contribution >= 0.6 is 33.9 Å². The van der Waals surface area contributed by atoms with Gasteiger partial charge in [0, 0.05) is 24.0 Å². The Morgan fingerprint density at radius 2 is 0.552 bits per heavy atom. The normalized spacial score (nSPS) is 11.1. The van der Waals surface area contributed by atoms with E-state index in [1.165, 1.54) is 128 Å². The first-order chi connectivity index (χ1) is 13.3. The summed E-state index contributed by atoms with van der Waals surface area (Å²) in [7, 11) is 0. The summed E-state index contributed by atoms with van der Waals surface area (Å²) in [5.74, 6) is 0. The minimum Gasteiger partial charge on any atom is -0.153 e. The predicted octanol–water partition coefficient (Wildman–Crippen LogP) is 11.7. The molecule has 0 aromatic rings. The van der Waals surface area contributed by atoms with Gasteiger partial charge in [-0.25, -0.2) is 0 Å². The molecule has 3 heteroatoms. The molecule has 1 radical (unpaired) electrons. The molecule has 0 saturated carbocycles. The van der Waals surface area contributed by atoms with Crippen molar-refractivity contribution in [2.24, 2.45) is 0 Å². The fraction of sp³-hybridized carbons (Fsp3) is 1.00. The molecule has 0 nitrogen and oxygen atoms in total. The van der Waals surface area contributed by atoms with Gasteiger partial charge < -0.3 is 0 Å². The molecular weight excluding hydrogens is 534 g/mol. The molecule has 0 heterocycles. The molecule has 0 fully saturated rings. The number of hydrogen-bond acceptors (Lipinski definition) is 0. The van der Waals surface area contributed by atoms with E-state index < -0.39 is 0 Å². The third-order valence-electron chi connectivity index (χ3n) is 5.52. The fourth-order valence-corrected chi connectivity index (χ4v) is 6.42. The smallest absolute Gasteiger partial charge is 0 e.